The number of aryl methyl sites for hydroxylation is 1. The molecule has 2 atom stereocenters. The van der Waals surface area contributed by atoms with Crippen molar-refractivity contribution in [3.05, 3.63) is 36.0 Å². The van der Waals surface area contributed by atoms with Crippen LogP contribution in [-0.4, -0.2) is 70.0 Å². The van der Waals surface area contributed by atoms with Gasteiger partial charge in [0.2, 0.25) is 0 Å². The third kappa shape index (κ3) is 4.15. The first-order valence-electron chi connectivity index (χ1n) is 11.7. The molecule has 4 heterocycles. The van der Waals surface area contributed by atoms with Crippen molar-refractivity contribution in [2.24, 2.45) is 11.8 Å². The van der Waals surface area contributed by atoms with E-state index in [9.17, 15) is 9.90 Å². The molecule has 1 N–H and O–H groups in total. The number of carbonyl (C=O) groups is 1. The molecule has 0 saturated carbocycles. The fourth-order valence-corrected chi connectivity index (χ4v) is 5.60. The Morgan fingerprint density at radius 3 is 2.52 bits per heavy atom. The maximum absolute atomic E-state index is 11.3. The van der Waals surface area contributed by atoms with Crippen LogP contribution < -0.4 is 4.90 Å². The molecule has 3 saturated heterocycles. The quantitative estimate of drug-likeness (QED) is 0.796. The van der Waals surface area contributed by atoms with Crippen molar-refractivity contribution in [2.75, 3.05) is 44.2 Å². The largest absolute Gasteiger partial charge is 0.465 e. The van der Waals surface area contributed by atoms with E-state index in [4.69, 9.17) is 5.10 Å². The van der Waals surface area contributed by atoms with Gasteiger partial charge in [-0.2, -0.15) is 5.10 Å². The molecule has 1 aromatic carbocycles. The van der Waals surface area contributed by atoms with E-state index in [2.05, 4.69) is 47.2 Å². The number of amides is 1. The second kappa shape index (κ2) is 8.54. The molecule has 2 aromatic rings. The number of hydrogen-bond acceptors (Lipinski definition) is 4. The predicted molar refractivity (Wildman–Crippen MR) is 121 cm³/mol. The summed E-state index contributed by atoms with van der Waals surface area (Å²) in [7, 11) is 0. The average molecular weight is 424 g/mol. The molecule has 7 nitrogen and oxygen atoms in total. The Balaban J connectivity index is 1.34. The minimum Gasteiger partial charge on any atom is -0.465 e. The van der Waals surface area contributed by atoms with Gasteiger partial charge in [-0.3, -0.25) is 9.58 Å². The number of rotatable bonds is 5. The number of anilines is 1. The summed E-state index contributed by atoms with van der Waals surface area (Å²) in [6.07, 6.45) is 5.30. The second-order valence-electron chi connectivity index (χ2n) is 9.36. The van der Waals surface area contributed by atoms with E-state index in [1.807, 2.05) is 4.68 Å². The molecule has 0 aliphatic carbocycles. The van der Waals surface area contributed by atoms with E-state index in [1.54, 1.807) is 4.90 Å². The molecule has 166 valence electrons. The zero-order valence-corrected chi connectivity index (χ0v) is 18.4. The van der Waals surface area contributed by atoms with Crippen molar-refractivity contribution < 1.29 is 9.90 Å². The van der Waals surface area contributed by atoms with Crippen molar-refractivity contribution >= 4 is 11.8 Å². The van der Waals surface area contributed by atoms with Gasteiger partial charge in [0.25, 0.3) is 0 Å². The van der Waals surface area contributed by atoms with Gasteiger partial charge in [-0.05, 0) is 50.2 Å². The van der Waals surface area contributed by atoms with E-state index in [0.717, 1.165) is 45.0 Å². The van der Waals surface area contributed by atoms with Crippen LogP contribution in [0.2, 0.25) is 0 Å². The Morgan fingerprint density at radius 2 is 1.84 bits per heavy atom. The first kappa shape index (κ1) is 20.4. The molecule has 3 aliphatic rings. The minimum atomic E-state index is -0.777. The monoisotopic (exact) mass is 423 g/mol. The van der Waals surface area contributed by atoms with Gasteiger partial charge in [0.1, 0.15) is 0 Å². The lowest BCUT2D eigenvalue weighted by molar-refractivity contribution is 0.148. The Labute approximate surface area is 184 Å². The van der Waals surface area contributed by atoms with Crippen LogP contribution in [0.15, 0.2) is 30.5 Å². The lowest BCUT2D eigenvalue weighted by Gasteiger charge is -2.29. The van der Waals surface area contributed by atoms with Gasteiger partial charge in [0, 0.05) is 75.4 Å². The van der Waals surface area contributed by atoms with Crippen molar-refractivity contribution in [1.29, 1.82) is 0 Å². The van der Waals surface area contributed by atoms with Crippen molar-refractivity contribution in [3.63, 3.8) is 0 Å². The zero-order valence-electron chi connectivity index (χ0n) is 18.4. The Hall–Kier alpha value is -2.54. The average Bonchev–Trinajstić information content (AvgIpc) is 3.48. The molecule has 0 radical (unpaired) electrons. The number of benzene rings is 1. The summed E-state index contributed by atoms with van der Waals surface area (Å²) in [5.74, 6) is 0.923. The van der Waals surface area contributed by atoms with Crippen LogP contribution in [0, 0.1) is 11.8 Å². The summed E-state index contributed by atoms with van der Waals surface area (Å²) in [5.41, 5.74) is 4.86. The van der Waals surface area contributed by atoms with Gasteiger partial charge in [-0.1, -0.05) is 12.1 Å². The summed E-state index contributed by atoms with van der Waals surface area (Å²) in [6.45, 7) is 9.45. The van der Waals surface area contributed by atoms with E-state index in [-0.39, 0.29) is 0 Å². The molecule has 1 amide bonds. The number of likely N-dealkylation sites (tertiary alicyclic amines) is 2. The molecule has 0 spiro atoms. The number of carboxylic acid groups (broad SMARTS) is 1. The van der Waals surface area contributed by atoms with Crippen LogP contribution >= 0.6 is 0 Å². The maximum atomic E-state index is 11.3. The van der Waals surface area contributed by atoms with E-state index >= 15 is 0 Å². The first-order valence-corrected chi connectivity index (χ1v) is 11.7. The number of aromatic nitrogens is 2. The number of nitrogens with zero attached hydrogens (tertiary/aromatic N) is 5. The summed E-state index contributed by atoms with van der Waals surface area (Å²) in [5, 5.41) is 14.2. The van der Waals surface area contributed by atoms with Gasteiger partial charge in [-0.25, -0.2) is 4.79 Å². The molecule has 3 aliphatic heterocycles. The van der Waals surface area contributed by atoms with E-state index < -0.39 is 6.09 Å². The summed E-state index contributed by atoms with van der Waals surface area (Å²) in [4.78, 5) is 17.9. The van der Waals surface area contributed by atoms with Crippen molar-refractivity contribution in [2.45, 2.75) is 39.3 Å². The Kier molecular flexibility index (Phi) is 5.61. The highest BCUT2D eigenvalue weighted by Crippen LogP contribution is 2.34. The molecular weight excluding hydrogens is 390 g/mol. The lowest BCUT2D eigenvalue weighted by Crippen LogP contribution is -2.32. The predicted octanol–water partition coefficient (Wildman–Crippen LogP) is 3.60. The van der Waals surface area contributed by atoms with Gasteiger partial charge in [0.05, 0.1) is 5.69 Å². The molecular formula is C24H33N5O2. The zero-order chi connectivity index (χ0) is 21.4. The fourth-order valence-electron chi connectivity index (χ4n) is 5.60. The molecule has 2 unspecified atom stereocenters. The molecule has 3 fully saturated rings. The fraction of sp³-hybridized carbons (Fsp3) is 0.583. The van der Waals surface area contributed by atoms with Gasteiger partial charge < -0.3 is 14.9 Å². The molecule has 31 heavy (non-hydrogen) atoms. The molecule has 1 aromatic heterocycles. The van der Waals surface area contributed by atoms with Crippen LogP contribution in [0.5, 0.6) is 0 Å². The summed E-state index contributed by atoms with van der Waals surface area (Å²) in [6, 6.07) is 8.87. The molecule has 7 heteroatoms. The standard InChI is InChI=1S/C24H33N5O2/c1-2-29-17-21(14-26-12-19-15-28(24(30)31)16-20(19)13-26)23(25-29)18-7-6-8-22(11-18)27-9-4-3-5-10-27/h6-8,11,17,19-20H,2-5,9-10,12-16H2,1H3,(H,30,31). The molecule has 5 rings (SSSR count). The summed E-state index contributed by atoms with van der Waals surface area (Å²) < 4.78 is 2.04. The SMILES string of the molecule is CCn1cc(CN2CC3CN(C(=O)O)CC3C2)c(-c2cccc(N3CCCCC3)c2)n1. The first-order chi connectivity index (χ1) is 15.1. The third-order valence-electron chi connectivity index (χ3n) is 7.23. The summed E-state index contributed by atoms with van der Waals surface area (Å²) >= 11 is 0. The van der Waals surface area contributed by atoms with Gasteiger partial charge in [0.15, 0.2) is 0 Å². The highest BCUT2D eigenvalue weighted by molar-refractivity contribution is 5.68. The normalized spacial score (nSPS) is 24.0. The van der Waals surface area contributed by atoms with Crippen LogP contribution in [0.3, 0.4) is 0 Å². The molecule has 0 bridgehead atoms. The maximum Gasteiger partial charge on any atom is 0.407 e. The second-order valence-corrected chi connectivity index (χ2v) is 9.36. The van der Waals surface area contributed by atoms with Crippen LogP contribution in [0.4, 0.5) is 10.5 Å². The van der Waals surface area contributed by atoms with Gasteiger partial charge >= 0.3 is 6.09 Å². The van der Waals surface area contributed by atoms with Crippen LogP contribution in [0.25, 0.3) is 11.3 Å². The number of fused-ring (bicyclic) bond motifs is 1. The van der Waals surface area contributed by atoms with Crippen molar-refractivity contribution in [1.82, 2.24) is 19.6 Å². The highest BCUT2D eigenvalue weighted by Gasteiger charge is 2.41. The Bertz CT molecular complexity index is 922. The Morgan fingerprint density at radius 1 is 1.10 bits per heavy atom. The minimum absolute atomic E-state index is 0.461. The topological polar surface area (TPSA) is 64.8 Å². The smallest absolute Gasteiger partial charge is 0.407 e. The van der Waals surface area contributed by atoms with E-state index in [0.29, 0.717) is 24.9 Å². The van der Waals surface area contributed by atoms with E-state index in [1.165, 1.54) is 36.1 Å². The van der Waals surface area contributed by atoms with Crippen molar-refractivity contribution in [3.8, 4) is 11.3 Å². The van der Waals surface area contributed by atoms with Crippen LogP contribution in [0.1, 0.15) is 31.7 Å². The lowest BCUT2D eigenvalue weighted by atomic mass is 10.0. The highest BCUT2D eigenvalue weighted by atomic mass is 16.4. The number of hydrogen-bond donors (Lipinski definition) is 1. The number of piperidine rings is 1. The van der Waals surface area contributed by atoms with Gasteiger partial charge in [-0.15, -0.1) is 0 Å². The van der Waals surface area contributed by atoms with Crippen LogP contribution in [-0.2, 0) is 13.1 Å². The third-order valence-corrected chi connectivity index (χ3v) is 7.23.